The molecular weight excluding hydrogens is 283 g/mol. The summed E-state index contributed by atoms with van der Waals surface area (Å²) in [5, 5.41) is 0. The van der Waals surface area contributed by atoms with Crippen LogP contribution in [0, 0.1) is 12.3 Å². The number of benzene rings is 1. The number of hydrogen-bond acceptors (Lipinski definition) is 0. The van der Waals surface area contributed by atoms with Gasteiger partial charge in [0.15, 0.2) is 0 Å². The quantitative estimate of drug-likeness (QED) is 0.769. The predicted molar refractivity (Wildman–Crippen MR) is 69.3 cm³/mol. The Morgan fingerprint density at radius 3 is 2.59 bits per heavy atom. The van der Waals surface area contributed by atoms with Crippen molar-refractivity contribution < 1.29 is 26.2 Å². The SMILES string of the molecule is CCC(C)C1=C[CH]c2cc3c(cc21)CCC3.[Zr]. The first-order chi connectivity index (χ1) is 7.79. The monoisotopic (exact) mass is 301 g/mol. The molecule has 3 rings (SSSR count). The maximum Gasteiger partial charge on any atom is 0.0134 e. The molecule has 0 aliphatic heterocycles. The Labute approximate surface area is 124 Å². The van der Waals surface area contributed by atoms with Crippen LogP contribution in [0.25, 0.3) is 5.57 Å². The Kier molecular flexibility index (Phi) is 4.08. The zero-order chi connectivity index (χ0) is 11.1. The summed E-state index contributed by atoms with van der Waals surface area (Å²) >= 11 is 0. The van der Waals surface area contributed by atoms with Gasteiger partial charge in [0.25, 0.3) is 0 Å². The largest absolute Gasteiger partial charge is 0.0720 e. The van der Waals surface area contributed by atoms with E-state index < -0.39 is 0 Å². The van der Waals surface area contributed by atoms with Gasteiger partial charge in [0.05, 0.1) is 0 Å². The average molecular weight is 303 g/mol. The summed E-state index contributed by atoms with van der Waals surface area (Å²) in [5.74, 6) is 0.692. The van der Waals surface area contributed by atoms with Gasteiger partial charge < -0.3 is 0 Å². The molecule has 1 atom stereocenters. The van der Waals surface area contributed by atoms with Crippen molar-refractivity contribution in [3.8, 4) is 0 Å². The third-order valence-corrected chi connectivity index (χ3v) is 4.16. The molecule has 1 aromatic rings. The number of rotatable bonds is 2. The van der Waals surface area contributed by atoms with Crippen LogP contribution in [0.4, 0.5) is 0 Å². The Morgan fingerprint density at radius 2 is 1.88 bits per heavy atom. The molecular formula is C16H19Zr. The van der Waals surface area contributed by atoms with E-state index in [1.54, 1.807) is 16.7 Å². The van der Waals surface area contributed by atoms with E-state index in [4.69, 9.17) is 0 Å². The van der Waals surface area contributed by atoms with Gasteiger partial charge in [-0.3, -0.25) is 0 Å². The van der Waals surface area contributed by atoms with Crippen LogP contribution in [0.5, 0.6) is 0 Å². The van der Waals surface area contributed by atoms with Crippen LogP contribution in [0.15, 0.2) is 18.2 Å². The zero-order valence-electron chi connectivity index (χ0n) is 10.7. The van der Waals surface area contributed by atoms with Gasteiger partial charge in [-0.2, -0.15) is 0 Å². The van der Waals surface area contributed by atoms with Crippen molar-refractivity contribution in [2.45, 2.75) is 39.5 Å². The second-order valence-electron chi connectivity index (χ2n) is 5.16. The molecule has 0 aromatic heterocycles. The number of aryl methyl sites for hydroxylation is 2. The van der Waals surface area contributed by atoms with E-state index in [0.29, 0.717) is 5.92 Å². The van der Waals surface area contributed by atoms with Crippen molar-refractivity contribution in [1.29, 1.82) is 0 Å². The molecule has 2 aliphatic rings. The van der Waals surface area contributed by atoms with Gasteiger partial charge in [0, 0.05) is 32.6 Å². The first-order valence-corrected chi connectivity index (χ1v) is 6.50. The van der Waals surface area contributed by atoms with Gasteiger partial charge in [0.1, 0.15) is 0 Å². The van der Waals surface area contributed by atoms with E-state index in [-0.39, 0.29) is 26.2 Å². The molecule has 0 nitrogen and oxygen atoms in total. The molecule has 0 fully saturated rings. The molecule has 0 amide bonds. The first kappa shape index (κ1) is 13.3. The molecule has 0 N–H and O–H groups in total. The second kappa shape index (κ2) is 5.23. The molecule has 0 saturated heterocycles. The van der Waals surface area contributed by atoms with E-state index in [1.165, 1.54) is 36.8 Å². The Hall–Kier alpha value is -0.157. The molecule has 0 saturated carbocycles. The minimum Gasteiger partial charge on any atom is -0.0720 e. The molecule has 1 radical (unpaired) electrons. The van der Waals surface area contributed by atoms with Crippen molar-refractivity contribution in [2.24, 2.45) is 5.92 Å². The number of fused-ring (bicyclic) bond motifs is 2. The molecule has 2 aliphatic carbocycles. The maximum atomic E-state index is 2.46. The van der Waals surface area contributed by atoms with Crippen molar-refractivity contribution in [1.82, 2.24) is 0 Å². The standard InChI is InChI=1S/C16H19.Zr/c1-3-11(2)15-8-7-14-9-12-5-4-6-13(12)10-16(14)15;/h7-11H,3-6H2,1-2H3;. The van der Waals surface area contributed by atoms with Gasteiger partial charge in [-0.05, 0) is 59.4 Å². The maximum absolute atomic E-state index is 2.46. The summed E-state index contributed by atoms with van der Waals surface area (Å²) < 4.78 is 0. The van der Waals surface area contributed by atoms with Crippen LogP contribution in [0.3, 0.4) is 0 Å². The molecule has 1 aromatic carbocycles. The van der Waals surface area contributed by atoms with E-state index in [1.807, 2.05) is 0 Å². The van der Waals surface area contributed by atoms with E-state index in [2.05, 4.69) is 38.5 Å². The van der Waals surface area contributed by atoms with Gasteiger partial charge in [-0.1, -0.05) is 32.1 Å². The fraction of sp³-hybridized carbons (Fsp3) is 0.438. The van der Waals surface area contributed by atoms with Crippen LogP contribution in [-0.4, -0.2) is 0 Å². The zero-order valence-corrected chi connectivity index (χ0v) is 13.2. The minimum absolute atomic E-state index is 0. The Bertz CT molecular complexity index is 457. The van der Waals surface area contributed by atoms with E-state index in [9.17, 15) is 0 Å². The molecule has 0 spiro atoms. The summed E-state index contributed by atoms with van der Waals surface area (Å²) in [6.07, 6.45) is 9.78. The van der Waals surface area contributed by atoms with Crippen LogP contribution in [0.1, 0.15) is 48.9 Å². The predicted octanol–water partition coefficient (Wildman–Crippen LogP) is 4.17. The van der Waals surface area contributed by atoms with E-state index in [0.717, 1.165) is 0 Å². The summed E-state index contributed by atoms with van der Waals surface area (Å²) in [7, 11) is 0. The fourth-order valence-corrected chi connectivity index (χ4v) is 2.95. The van der Waals surface area contributed by atoms with Gasteiger partial charge >= 0.3 is 0 Å². The molecule has 17 heavy (non-hydrogen) atoms. The van der Waals surface area contributed by atoms with Crippen molar-refractivity contribution >= 4 is 5.57 Å². The molecule has 0 bridgehead atoms. The van der Waals surface area contributed by atoms with Gasteiger partial charge in [-0.15, -0.1) is 0 Å². The molecule has 1 heteroatoms. The van der Waals surface area contributed by atoms with Crippen molar-refractivity contribution in [3.63, 3.8) is 0 Å². The minimum atomic E-state index is 0. The Morgan fingerprint density at radius 1 is 1.18 bits per heavy atom. The number of hydrogen-bond donors (Lipinski definition) is 0. The third kappa shape index (κ3) is 2.24. The molecule has 0 heterocycles. The normalized spacial score (nSPS) is 18.1. The second-order valence-corrected chi connectivity index (χ2v) is 5.16. The average Bonchev–Trinajstić information content (AvgIpc) is 2.90. The van der Waals surface area contributed by atoms with Gasteiger partial charge in [-0.25, -0.2) is 0 Å². The van der Waals surface area contributed by atoms with E-state index >= 15 is 0 Å². The van der Waals surface area contributed by atoms with Gasteiger partial charge in [0.2, 0.25) is 0 Å². The summed E-state index contributed by atoms with van der Waals surface area (Å²) in [4.78, 5) is 0. The smallest absolute Gasteiger partial charge is 0.0134 e. The third-order valence-electron chi connectivity index (χ3n) is 4.16. The van der Waals surface area contributed by atoms with Crippen LogP contribution in [-0.2, 0) is 39.0 Å². The van der Waals surface area contributed by atoms with Crippen molar-refractivity contribution in [3.05, 3.63) is 46.9 Å². The van der Waals surface area contributed by atoms with Crippen LogP contribution in [0.2, 0.25) is 0 Å². The first-order valence-electron chi connectivity index (χ1n) is 6.50. The Balaban J connectivity index is 0.00000108. The molecule has 87 valence electrons. The topological polar surface area (TPSA) is 0 Å². The fourth-order valence-electron chi connectivity index (χ4n) is 2.95. The number of allylic oxidation sites excluding steroid dienone is 2. The summed E-state index contributed by atoms with van der Waals surface area (Å²) in [6, 6.07) is 4.88. The molecule has 1 unspecified atom stereocenters. The van der Waals surface area contributed by atoms with Crippen LogP contribution < -0.4 is 0 Å². The van der Waals surface area contributed by atoms with Crippen LogP contribution >= 0.6 is 0 Å². The van der Waals surface area contributed by atoms with Crippen molar-refractivity contribution in [2.75, 3.05) is 0 Å². The summed E-state index contributed by atoms with van der Waals surface area (Å²) in [5.41, 5.74) is 7.70. The summed E-state index contributed by atoms with van der Waals surface area (Å²) in [6.45, 7) is 4.61.